The zero-order valence-electron chi connectivity index (χ0n) is 18.3. The summed E-state index contributed by atoms with van der Waals surface area (Å²) in [6.07, 6.45) is 16.6. The number of carboxylic acid groups (broad SMARTS) is 1. The Morgan fingerprint density at radius 1 is 0.897 bits per heavy atom. The highest BCUT2D eigenvalue weighted by atomic mass is 16.4. The summed E-state index contributed by atoms with van der Waals surface area (Å²) in [5.74, 6) is -0.506. The van der Waals surface area contributed by atoms with Crippen LogP contribution in [-0.4, -0.2) is 27.8 Å². The molecule has 1 unspecified atom stereocenters. The molecule has 0 bridgehead atoms. The van der Waals surface area contributed by atoms with Gasteiger partial charge in [-0.3, -0.25) is 4.79 Å². The van der Waals surface area contributed by atoms with Crippen LogP contribution in [0.2, 0.25) is 0 Å². The van der Waals surface area contributed by atoms with Gasteiger partial charge in [0, 0.05) is 13.0 Å². The minimum Gasteiger partial charge on any atom is -0.508 e. The van der Waals surface area contributed by atoms with Crippen LogP contribution >= 0.6 is 0 Å². The summed E-state index contributed by atoms with van der Waals surface area (Å²) >= 11 is 0. The van der Waals surface area contributed by atoms with Crippen molar-refractivity contribution in [3.05, 3.63) is 29.8 Å². The third kappa shape index (κ3) is 18.2. The number of aliphatic hydroxyl groups is 1. The van der Waals surface area contributed by atoms with Crippen LogP contribution in [0, 0.1) is 0 Å². The van der Waals surface area contributed by atoms with E-state index in [0.29, 0.717) is 12.0 Å². The highest BCUT2D eigenvalue weighted by Gasteiger charge is 2.04. The number of carboxylic acids is 1. The molecule has 0 aromatic heterocycles. The maximum atomic E-state index is 10.3. The fourth-order valence-electron chi connectivity index (χ4n) is 3.16. The van der Waals surface area contributed by atoms with E-state index in [4.69, 9.17) is 15.9 Å². The van der Waals surface area contributed by atoms with Gasteiger partial charge in [-0.2, -0.15) is 0 Å². The maximum Gasteiger partial charge on any atom is 0.303 e. The van der Waals surface area contributed by atoms with Crippen molar-refractivity contribution < 1.29 is 20.1 Å². The van der Waals surface area contributed by atoms with Gasteiger partial charge in [0.1, 0.15) is 5.75 Å². The molecule has 1 rings (SSSR count). The zero-order chi connectivity index (χ0) is 21.7. The Bertz CT molecular complexity index is 507. The van der Waals surface area contributed by atoms with Gasteiger partial charge in [0.2, 0.25) is 0 Å². The summed E-state index contributed by atoms with van der Waals surface area (Å²) in [4.78, 5) is 10.3. The number of hydrogen-bond donors (Lipinski definition) is 4. The summed E-state index contributed by atoms with van der Waals surface area (Å²) in [6.45, 7) is 2.43. The van der Waals surface area contributed by atoms with Crippen molar-refractivity contribution in [3.63, 3.8) is 0 Å². The molecule has 0 aliphatic rings. The van der Waals surface area contributed by atoms with Gasteiger partial charge in [0.25, 0.3) is 0 Å². The van der Waals surface area contributed by atoms with Crippen molar-refractivity contribution in [1.82, 2.24) is 0 Å². The molecule has 0 fully saturated rings. The van der Waals surface area contributed by atoms with Gasteiger partial charge in [-0.25, -0.2) is 0 Å². The van der Waals surface area contributed by atoms with Gasteiger partial charge in [0.05, 0.1) is 6.10 Å². The summed E-state index contributed by atoms with van der Waals surface area (Å²) in [5.41, 5.74) is 5.87. The molecule has 0 saturated heterocycles. The number of aliphatic hydroxyl groups excluding tert-OH is 1. The van der Waals surface area contributed by atoms with Gasteiger partial charge in [-0.15, -0.1) is 0 Å². The first-order valence-corrected chi connectivity index (χ1v) is 11.4. The average molecular weight is 410 g/mol. The zero-order valence-corrected chi connectivity index (χ0v) is 18.3. The van der Waals surface area contributed by atoms with Crippen molar-refractivity contribution in [2.45, 2.75) is 103 Å². The summed E-state index contributed by atoms with van der Waals surface area (Å²) in [7, 11) is 0. The minimum atomic E-state index is -0.679. The van der Waals surface area contributed by atoms with Crippen molar-refractivity contribution >= 4 is 5.97 Å². The SMILES string of the molecule is CCCCCCCCCCCCCCCC(=O)O.NCC(O)c1cccc(O)c1. The van der Waals surface area contributed by atoms with Crippen LogP contribution in [0.25, 0.3) is 0 Å². The number of aromatic hydroxyl groups is 1. The predicted octanol–water partition coefficient (Wildman–Crippen LogP) is 5.94. The average Bonchev–Trinajstić information content (AvgIpc) is 2.71. The Morgan fingerprint density at radius 2 is 1.38 bits per heavy atom. The lowest BCUT2D eigenvalue weighted by Crippen LogP contribution is -2.11. The number of hydrogen-bond acceptors (Lipinski definition) is 4. The number of benzene rings is 1. The van der Waals surface area contributed by atoms with E-state index in [1.165, 1.54) is 76.7 Å². The van der Waals surface area contributed by atoms with E-state index in [9.17, 15) is 9.90 Å². The number of aliphatic carboxylic acids is 1. The van der Waals surface area contributed by atoms with Crippen molar-refractivity contribution in [3.8, 4) is 5.75 Å². The lowest BCUT2D eigenvalue weighted by Gasteiger charge is -2.06. The lowest BCUT2D eigenvalue weighted by molar-refractivity contribution is -0.137. The highest BCUT2D eigenvalue weighted by Crippen LogP contribution is 2.16. The van der Waals surface area contributed by atoms with Crippen LogP contribution in [0.5, 0.6) is 5.75 Å². The molecule has 0 aliphatic carbocycles. The molecule has 5 heteroatoms. The molecule has 5 nitrogen and oxygen atoms in total. The number of phenolic OH excluding ortho intramolecular Hbond substituents is 1. The number of nitrogens with two attached hydrogens (primary N) is 1. The molecule has 0 heterocycles. The molecule has 0 saturated carbocycles. The van der Waals surface area contributed by atoms with Crippen LogP contribution in [-0.2, 0) is 4.79 Å². The number of rotatable bonds is 16. The van der Waals surface area contributed by atoms with E-state index in [-0.39, 0.29) is 12.3 Å². The Labute approximate surface area is 177 Å². The van der Waals surface area contributed by atoms with Crippen molar-refractivity contribution in [1.29, 1.82) is 0 Å². The van der Waals surface area contributed by atoms with Gasteiger partial charge in [0.15, 0.2) is 0 Å². The smallest absolute Gasteiger partial charge is 0.303 e. The van der Waals surface area contributed by atoms with Crippen LogP contribution < -0.4 is 5.73 Å². The molecule has 1 aromatic rings. The molecule has 0 amide bonds. The normalized spacial score (nSPS) is 11.6. The van der Waals surface area contributed by atoms with Crippen molar-refractivity contribution in [2.24, 2.45) is 5.73 Å². The Morgan fingerprint density at radius 3 is 1.79 bits per heavy atom. The third-order valence-corrected chi connectivity index (χ3v) is 4.97. The quantitative estimate of drug-likeness (QED) is 0.253. The van der Waals surface area contributed by atoms with E-state index in [1.807, 2.05) is 0 Å². The molecule has 0 aliphatic heterocycles. The van der Waals surface area contributed by atoms with Gasteiger partial charge in [-0.1, -0.05) is 96.1 Å². The summed E-state index contributed by atoms with van der Waals surface area (Å²) in [6, 6.07) is 6.44. The van der Waals surface area contributed by atoms with E-state index >= 15 is 0 Å². The number of carbonyl (C=O) groups is 1. The first kappa shape index (κ1) is 27.4. The van der Waals surface area contributed by atoms with E-state index in [1.54, 1.807) is 18.2 Å². The fraction of sp³-hybridized carbons (Fsp3) is 0.708. The van der Waals surface area contributed by atoms with Gasteiger partial charge in [-0.05, 0) is 24.1 Å². The Kier molecular flexibility index (Phi) is 18.6. The standard InChI is InChI=1S/C16H32O2.C8H11NO2/c1-2-3-4-5-6-7-8-9-10-11-12-13-14-15-16(17)18;9-5-8(11)6-2-1-3-7(10)4-6/h2-15H2,1H3,(H,17,18);1-4,8,10-11H,5,9H2. The summed E-state index contributed by atoms with van der Waals surface area (Å²) < 4.78 is 0. The van der Waals surface area contributed by atoms with Gasteiger partial charge < -0.3 is 21.1 Å². The van der Waals surface area contributed by atoms with Crippen LogP contribution in [0.15, 0.2) is 24.3 Å². The number of unbranched alkanes of at least 4 members (excludes halogenated alkanes) is 12. The van der Waals surface area contributed by atoms with E-state index < -0.39 is 12.1 Å². The monoisotopic (exact) mass is 409 g/mol. The Balaban J connectivity index is 0.000000604. The van der Waals surface area contributed by atoms with E-state index in [2.05, 4.69) is 6.92 Å². The first-order chi connectivity index (χ1) is 14.0. The Hall–Kier alpha value is -1.59. The second-order valence-electron chi connectivity index (χ2n) is 7.73. The van der Waals surface area contributed by atoms with Crippen LogP contribution in [0.1, 0.15) is 108 Å². The van der Waals surface area contributed by atoms with E-state index in [0.717, 1.165) is 12.8 Å². The van der Waals surface area contributed by atoms with Crippen LogP contribution in [0.4, 0.5) is 0 Å². The molecular formula is C24H43NO4. The minimum absolute atomic E-state index is 0.148. The predicted molar refractivity (Wildman–Crippen MR) is 120 cm³/mol. The molecular weight excluding hydrogens is 366 g/mol. The maximum absolute atomic E-state index is 10.3. The molecule has 0 spiro atoms. The summed E-state index contributed by atoms with van der Waals surface area (Å²) in [5, 5.41) is 26.7. The molecule has 168 valence electrons. The third-order valence-electron chi connectivity index (χ3n) is 4.97. The lowest BCUT2D eigenvalue weighted by atomic mass is 10.0. The molecule has 1 atom stereocenters. The molecule has 29 heavy (non-hydrogen) atoms. The molecule has 5 N–H and O–H groups in total. The highest BCUT2D eigenvalue weighted by molar-refractivity contribution is 5.66. The second kappa shape index (κ2) is 19.7. The van der Waals surface area contributed by atoms with Crippen molar-refractivity contribution in [2.75, 3.05) is 6.54 Å². The molecule has 0 radical (unpaired) electrons. The van der Waals surface area contributed by atoms with Crippen LogP contribution in [0.3, 0.4) is 0 Å². The first-order valence-electron chi connectivity index (χ1n) is 11.4. The number of phenols is 1. The molecule has 1 aromatic carbocycles. The van der Waals surface area contributed by atoms with Gasteiger partial charge >= 0.3 is 5.97 Å². The fourth-order valence-corrected chi connectivity index (χ4v) is 3.16. The topological polar surface area (TPSA) is 104 Å². The largest absolute Gasteiger partial charge is 0.508 e. The second-order valence-corrected chi connectivity index (χ2v) is 7.73.